The molecule has 0 bridgehead atoms. The average Bonchev–Trinajstić information content (AvgIpc) is 2.44. The van der Waals surface area contributed by atoms with Crippen molar-refractivity contribution >= 4 is 15.9 Å². The average molecular weight is 309 g/mol. The summed E-state index contributed by atoms with van der Waals surface area (Å²) in [5.41, 5.74) is 0.490. The largest absolute Gasteiger partial charge is 0.347 e. The second-order valence-electron chi connectivity index (χ2n) is 4.22. The summed E-state index contributed by atoms with van der Waals surface area (Å²) in [6.45, 7) is 0.0698. The molecule has 1 aromatic heterocycles. The standard InChI is InChI=1S/C13H12FN3O3S/c14-12-6-2-5-11(17-12)13(18)16-8-9-3-1-4-10(7-9)21(15,19)20/h1-7H,8H2,(H,16,18)(H2,15,19,20). The van der Waals surface area contributed by atoms with Crippen LogP contribution in [0.4, 0.5) is 4.39 Å². The van der Waals surface area contributed by atoms with Gasteiger partial charge >= 0.3 is 0 Å². The lowest BCUT2D eigenvalue weighted by Gasteiger charge is -2.06. The summed E-state index contributed by atoms with van der Waals surface area (Å²) in [5, 5.41) is 7.54. The van der Waals surface area contributed by atoms with E-state index in [0.29, 0.717) is 5.56 Å². The Labute approximate surface area is 120 Å². The van der Waals surface area contributed by atoms with E-state index in [1.807, 2.05) is 0 Å². The minimum atomic E-state index is -3.80. The van der Waals surface area contributed by atoms with Crippen LogP contribution < -0.4 is 10.5 Å². The Hall–Kier alpha value is -2.32. The monoisotopic (exact) mass is 309 g/mol. The van der Waals surface area contributed by atoms with Gasteiger partial charge in [-0.2, -0.15) is 4.39 Å². The number of pyridine rings is 1. The number of nitrogens with one attached hydrogen (secondary N) is 1. The normalized spacial score (nSPS) is 11.1. The summed E-state index contributed by atoms with van der Waals surface area (Å²) in [7, 11) is -3.80. The molecule has 0 aliphatic rings. The van der Waals surface area contributed by atoms with Crippen molar-refractivity contribution in [1.82, 2.24) is 10.3 Å². The van der Waals surface area contributed by atoms with Gasteiger partial charge in [-0.1, -0.05) is 18.2 Å². The molecule has 0 unspecified atom stereocenters. The number of sulfonamides is 1. The van der Waals surface area contributed by atoms with E-state index in [-0.39, 0.29) is 17.1 Å². The van der Waals surface area contributed by atoms with Gasteiger partial charge in [0.1, 0.15) is 5.69 Å². The van der Waals surface area contributed by atoms with Gasteiger partial charge in [0.05, 0.1) is 4.90 Å². The van der Waals surface area contributed by atoms with Crippen LogP contribution in [0, 0.1) is 5.95 Å². The van der Waals surface area contributed by atoms with Crippen LogP contribution in [0.2, 0.25) is 0 Å². The number of benzene rings is 1. The molecule has 0 saturated carbocycles. The smallest absolute Gasteiger partial charge is 0.270 e. The molecule has 21 heavy (non-hydrogen) atoms. The number of carbonyl (C=O) groups is 1. The topological polar surface area (TPSA) is 102 Å². The van der Waals surface area contributed by atoms with Gasteiger partial charge in [-0.3, -0.25) is 4.79 Å². The number of hydrogen-bond donors (Lipinski definition) is 2. The first-order valence-corrected chi connectivity index (χ1v) is 7.43. The second-order valence-corrected chi connectivity index (χ2v) is 5.78. The zero-order chi connectivity index (χ0) is 15.5. The third kappa shape index (κ3) is 4.07. The van der Waals surface area contributed by atoms with Gasteiger partial charge in [-0.15, -0.1) is 0 Å². The van der Waals surface area contributed by atoms with Crippen molar-refractivity contribution in [1.29, 1.82) is 0 Å². The lowest BCUT2D eigenvalue weighted by atomic mass is 10.2. The number of hydrogen-bond acceptors (Lipinski definition) is 4. The zero-order valence-electron chi connectivity index (χ0n) is 10.8. The summed E-state index contributed by atoms with van der Waals surface area (Å²) < 4.78 is 35.3. The molecular weight excluding hydrogens is 297 g/mol. The molecule has 0 atom stereocenters. The van der Waals surface area contributed by atoms with E-state index in [1.54, 1.807) is 6.07 Å². The van der Waals surface area contributed by atoms with Crippen LogP contribution in [0.15, 0.2) is 47.4 Å². The van der Waals surface area contributed by atoms with E-state index < -0.39 is 21.9 Å². The zero-order valence-corrected chi connectivity index (χ0v) is 11.6. The van der Waals surface area contributed by atoms with Crippen LogP contribution in [0.5, 0.6) is 0 Å². The first kappa shape index (κ1) is 15.1. The molecular formula is C13H12FN3O3S. The number of halogens is 1. The molecule has 0 saturated heterocycles. The van der Waals surface area contributed by atoms with Crippen molar-refractivity contribution in [3.63, 3.8) is 0 Å². The van der Waals surface area contributed by atoms with Crippen LogP contribution in [-0.2, 0) is 16.6 Å². The number of nitrogens with two attached hydrogens (primary N) is 1. The van der Waals surface area contributed by atoms with E-state index in [2.05, 4.69) is 10.3 Å². The number of nitrogens with zero attached hydrogens (tertiary/aromatic N) is 1. The highest BCUT2D eigenvalue weighted by atomic mass is 32.2. The molecule has 8 heteroatoms. The van der Waals surface area contributed by atoms with E-state index in [9.17, 15) is 17.6 Å². The van der Waals surface area contributed by atoms with Crippen molar-refractivity contribution in [2.24, 2.45) is 5.14 Å². The summed E-state index contributed by atoms with van der Waals surface area (Å²) in [5.74, 6) is -1.31. The Balaban J connectivity index is 2.08. The quantitative estimate of drug-likeness (QED) is 0.815. The number of carbonyl (C=O) groups excluding carboxylic acids is 1. The van der Waals surface area contributed by atoms with Gasteiger partial charge in [-0.25, -0.2) is 18.5 Å². The lowest BCUT2D eigenvalue weighted by Crippen LogP contribution is -2.24. The highest BCUT2D eigenvalue weighted by Crippen LogP contribution is 2.09. The number of aromatic nitrogens is 1. The molecule has 1 amide bonds. The van der Waals surface area contributed by atoms with E-state index in [0.717, 1.165) is 6.07 Å². The van der Waals surface area contributed by atoms with Gasteiger partial charge in [0, 0.05) is 6.54 Å². The van der Waals surface area contributed by atoms with E-state index in [1.165, 1.54) is 30.3 Å². The molecule has 2 aromatic rings. The summed E-state index contributed by atoms with van der Waals surface area (Å²) >= 11 is 0. The summed E-state index contributed by atoms with van der Waals surface area (Å²) in [6, 6.07) is 9.74. The van der Waals surface area contributed by atoms with Crippen LogP contribution in [0.3, 0.4) is 0 Å². The molecule has 2 rings (SSSR count). The van der Waals surface area contributed by atoms with Crippen LogP contribution >= 0.6 is 0 Å². The first-order valence-electron chi connectivity index (χ1n) is 5.89. The second kappa shape index (κ2) is 5.98. The molecule has 0 fully saturated rings. The predicted molar refractivity (Wildman–Crippen MR) is 73.2 cm³/mol. The van der Waals surface area contributed by atoms with Crippen molar-refractivity contribution in [2.45, 2.75) is 11.4 Å². The van der Waals surface area contributed by atoms with Crippen molar-refractivity contribution in [2.75, 3.05) is 0 Å². The van der Waals surface area contributed by atoms with Gasteiger partial charge in [-0.05, 0) is 29.8 Å². The van der Waals surface area contributed by atoms with Crippen molar-refractivity contribution in [3.8, 4) is 0 Å². The Morgan fingerprint density at radius 1 is 1.24 bits per heavy atom. The molecule has 0 aliphatic carbocycles. The van der Waals surface area contributed by atoms with Crippen LogP contribution in [0.1, 0.15) is 16.1 Å². The molecule has 6 nitrogen and oxygen atoms in total. The Bertz CT molecular complexity index is 778. The molecule has 0 aliphatic heterocycles. The highest BCUT2D eigenvalue weighted by molar-refractivity contribution is 7.89. The maximum Gasteiger partial charge on any atom is 0.270 e. The van der Waals surface area contributed by atoms with Crippen molar-refractivity contribution in [3.05, 3.63) is 59.7 Å². The Morgan fingerprint density at radius 3 is 2.62 bits per heavy atom. The SMILES string of the molecule is NS(=O)(=O)c1cccc(CNC(=O)c2cccc(F)n2)c1. The third-order valence-electron chi connectivity index (χ3n) is 2.63. The fraction of sp³-hybridized carbons (Fsp3) is 0.0769. The maximum absolute atomic E-state index is 12.9. The third-order valence-corrected chi connectivity index (χ3v) is 3.54. The highest BCUT2D eigenvalue weighted by Gasteiger charge is 2.10. The molecule has 0 spiro atoms. The van der Waals surface area contributed by atoms with E-state index in [4.69, 9.17) is 5.14 Å². The molecule has 1 heterocycles. The van der Waals surface area contributed by atoms with Crippen LogP contribution in [-0.4, -0.2) is 19.3 Å². The number of amides is 1. The molecule has 110 valence electrons. The summed E-state index contributed by atoms with van der Waals surface area (Å²) in [4.78, 5) is 15.2. The van der Waals surface area contributed by atoms with Gasteiger partial charge in [0.25, 0.3) is 5.91 Å². The van der Waals surface area contributed by atoms with Crippen LogP contribution in [0.25, 0.3) is 0 Å². The molecule has 0 radical (unpaired) electrons. The molecule has 1 aromatic carbocycles. The first-order chi connectivity index (χ1) is 9.86. The minimum absolute atomic E-state index is 0.0434. The number of primary sulfonamides is 1. The Kier molecular flexibility index (Phi) is 4.29. The van der Waals surface area contributed by atoms with Gasteiger partial charge < -0.3 is 5.32 Å². The van der Waals surface area contributed by atoms with Crippen molar-refractivity contribution < 1.29 is 17.6 Å². The fourth-order valence-electron chi connectivity index (χ4n) is 1.64. The predicted octanol–water partition coefficient (Wildman–Crippen LogP) is 0.798. The minimum Gasteiger partial charge on any atom is -0.347 e. The summed E-state index contributed by atoms with van der Waals surface area (Å²) in [6.07, 6.45) is 0. The Morgan fingerprint density at radius 2 is 1.95 bits per heavy atom. The number of rotatable bonds is 4. The lowest BCUT2D eigenvalue weighted by molar-refractivity contribution is 0.0944. The van der Waals surface area contributed by atoms with Gasteiger partial charge in [0.15, 0.2) is 0 Å². The van der Waals surface area contributed by atoms with E-state index >= 15 is 0 Å². The molecule has 3 N–H and O–H groups in total. The van der Waals surface area contributed by atoms with Gasteiger partial charge in [0.2, 0.25) is 16.0 Å². The maximum atomic E-state index is 12.9. The fourth-order valence-corrected chi connectivity index (χ4v) is 2.22.